The molecule has 0 aliphatic heterocycles. The Labute approximate surface area is 109 Å². The molecule has 6 heteroatoms. The van der Waals surface area contributed by atoms with E-state index < -0.39 is 21.8 Å². The average Bonchev–Trinajstić information content (AvgIpc) is 2.13. The van der Waals surface area contributed by atoms with E-state index in [1.54, 1.807) is 0 Å². The summed E-state index contributed by atoms with van der Waals surface area (Å²) in [6, 6.07) is 0. The number of allylic oxidation sites excluding steroid dienone is 2. The Balaban J connectivity index is 3.71. The lowest BCUT2D eigenvalue weighted by Crippen LogP contribution is -2.18. The molecule has 0 aliphatic rings. The summed E-state index contributed by atoms with van der Waals surface area (Å²) in [7, 11) is -4.28. The second-order valence-electron chi connectivity index (χ2n) is 4.70. The average molecular weight is 278 g/mol. The van der Waals surface area contributed by atoms with Crippen molar-refractivity contribution in [3.05, 3.63) is 11.6 Å². The summed E-state index contributed by atoms with van der Waals surface area (Å²) in [5.41, 5.74) is 1.28. The van der Waals surface area contributed by atoms with Gasteiger partial charge in [0.15, 0.2) is 5.75 Å². The van der Waals surface area contributed by atoms with E-state index in [0.29, 0.717) is 12.3 Å². The van der Waals surface area contributed by atoms with Crippen molar-refractivity contribution >= 4 is 16.1 Å². The van der Waals surface area contributed by atoms with Crippen molar-refractivity contribution in [2.75, 3.05) is 12.4 Å². The zero-order valence-corrected chi connectivity index (χ0v) is 12.0. The van der Waals surface area contributed by atoms with Gasteiger partial charge in [0.25, 0.3) is 10.1 Å². The molecular formula is C12H22O5S. The summed E-state index contributed by atoms with van der Waals surface area (Å²) in [5.74, 6) is -1.48. The summed E-state index contributed by atoms with van der Waals surface area (Å²) in [5, 5.41) is 0. The third kappa shape index (κ3) is 11.6. The molecule has 0 saturated heterocycles. The van der Waals surface area contributed by atoms with Gasteiger partial charge < -0.3 is 4.74 Å². The van der Waals surface area contributed by atoms with Crippen molar-refractivity contribution in [1.29, 1.82) is 0 Å². The van der Waals surface area contributed by atoms with Gasteiger partial charge in [0, 0.05) is 0 Å². The fourth-order valence-electron chi connectivity index (χ4n) is 1.37. The van der Waals surface area contributed by atoms with E-state index >= 15 is 0 Å². The Morgan fingerprint density at radius 3 is 2.44 bits per heavy atom. The van der Waals surface area contributed by atoms with Gasteiger partial charge in [0.1, 0.15) is 0 Å². The van der Waals surface area contributed by atoms with Gasteiger partial charge in [-0.15, -0.1) is 0 Å². The molecule has 1 atom stereocenters. The molecule has 0 radical (unpaired) electrons. The maximum absolute atomic E-state index is 11.0. The molecule has 0 aromatic carbocycles. The smallest absolute Gasteiger partial charge is 0.323 e. The lowest BCUT2D eigenvalue weighted by atomic mass is 10.0. The molecule has 5 nitrogen and oxygen atoms in total. The first-order chi connectivity index (χ1) is 8.20. The summed E-state index contributed by atoms with van der Waals surface area (Å²) in [6.07, 6.45) is 4.83. The minimum Gasteiger partial charge on any atom is -0.465 e. The highest BCUT2D eigenvalue weighted by atomic mass is 32.2. The number of hydrogen-bond donors (Lipinski definition) is 1. The van der Waals surface area contributed by atoms with Crippen molar-refractivity contribution in [3.8, 4) is 0 Å². The van der Waals surface area contributed by atoms with Gasteiger partial charge in [-0.1, -0.05) is 18.6 Å². The zero-order chi connectivity index (χ0) is 14.2. The first-order valence-corrected chi connectivity index (χ1v) is 7.55. The topological polar surface area (TPSA) is 80.7 Å². The lowest BCUT2D eigenvalue weighted by molar-refractivity contribution is -0.140. The van der Waals surface area contributed by atoms with E-state index in [4.69, 9.17) is 9.29 Å². The second kappa shape index (κ2) is 8.26. The number of carbonyl (C=O) groups excluding carboxylic acids is 1. The van der Waals surface area contributed by atoms with Crippen LogP contribution in [0.2, 0.25) is 0 Å². The van der Waals surface area contributed by atoms with Gasteiger partial charge in [-0.3, -0.25) is 9.35 Å². The maximum atomic E-state index is 11.0. The molecule has 0 spiro atoms. The number of rotatable bonds is 8. The van der Waals surface area contributed by atoms with E-state index in [2.05, 4.69) is 13.0 Å². The van der Waals surface area contributed by atoms with Crippen molar-refractivity contribution in [1.82, 2.24) is 0 Å². The molecule has 0 aromatic rings. The van der Waals surface area contributed by atoms with Crippen LogP contribution in [0.15, 0.2) is 11.6 Å². The Kier molecular flexibility index (Phi) is 7.86. The molecule has 0 aliphatic carbocycles. The SMILES string of the molecule is CC(C)=CCCC(C)CCOC(=O)CS(=O)(=O)O. The first-order valence-electron chi connectivity index (χ1n) is 5.95. The predicted molar refractivity (Wildman–Crippen MR) is 69.8 cm³/mol. The van der Waals surface area contributed by atoms with Crippen LogP contribution in [0.1, 0.15) is 40.0 Å². The highest BCUT2D eigenvalue weighted by Gasteiger charge is 2.14. The van der Waals surface area contributed by atoms with Gasteiger partial charge >= 0.3 is 5.97 Å². The van der Waals surface area contributed by atoms with Gasteiger partial charge in [-0.05, 0) is 39.0 Å². The van der Waals surface area contributed by atoms with E-state index in [1.807, 2.05) is 13.8 Å². The molecule has 0 heterocycles. The number of carbonyl (C=O) groups is 1. The highest BCUT2D eigenvalue weighted by Crippen LogP contribution is 2.11. The van der Waals surface area contributed by atoms with E-state index in [9.17, 15) is 13.2 Å². The second-order valence-corrected chi connectivity index (χ2v) is 6.15. The third-order valence-corrected chi connectivity index (χ3v) is 2.99. The third-order valence-electron chi connectivity index (χ3n) is 2.39. The van der Waals surface area contributed by atoms with Gasteiger partial charge in [-0.25, -0.2) is 0 Å². The number of hydrogen-bond acceptors (Lipinski definition) is 4. The molecule has 0 saturated carbocycles. The van der Waals surface area contributed by atoms with Crippen LogP contribution in [-0.2, 0) is 19.6 Å². The fraction of sp³-hybridized carbons (Fsp3) is 0.750. The largest absolute Gasteiger partial charge is 0.465 e. The standard InChI is InChI=1S/C12H22O5S/c1-10(2)5-4-6-11(3)7-8-17-12(13)9-18(14,15)16/h5,11H,4,6-9H2,1-3H3,(H,14,15,16). The summed E-state index contributed by atoms with van der Waals surface area (Å²) < 4.78 is 33.9. The van der Waals surface area contributed by atoms with Gasteiger partial charge in [0.2, 0.25) is 0 Å². The monoisotopic (exact) mass is 278 g/mol. The minimum atomic E-state index is -4.28. The normalized spacial score (nSPS) is 12.9. The Morgan fingerprint density at radius 1 is 1.33 bits per heavy atom. The Morgan fingerprint density at radius 2 is 1.94 bits per heavy atom. The summed E-state index contributed by atoms with van der Waals surface area (Å²) in [4.78, 5) is 11.0. The molecule has 0 rings (SSSR count). The van der Waals surface area contributed by atoms with Crippen LogP contribution in [0.25, 0.3) is 0 Å². The molecule has 0 bridgehead atoms. The van der Waals surface area contributed by atoms with Crippen molar-refractivity contribution in [3.63, 3.8) is 0 Å². The van der Waals surface area contributed by atoms with Gasteiger partial charge in [0.05, 0.1) is 6.61 Å². The summed E-state index contributed by atoms with van der Waals surface area (Å²) >= 11 is 0. The highest BCUT2D eigenvalue weighted by molar-refractivity contribution is 7.86. The fourth-order valence-corrected chi connectivity index (χ4v) is 1.75. The van der Waals surface area contributed by atoms with Crippen molar-refractivity contribution in [2.24, 2.45) is 5.92 Å². The van der Waals surface area contributed by atoms with E-state index in [1.165, 1.54) is 5.57 Å². The summed E-state index contributed by atoms with van der Waals surface area (Å²) in [6.45, 7) is 6.32. The van der Waals surface area contributed by atoms with Crippen LogP contribution >= 0.6 is 0 Å². The first kappa shape index (κ1) is 17.1. The quantitative estimate of drug-likeness (QED) is 0.418. The van der Waals surface area contributed by atoms with Crippen LogP contribution in [0.5, 0.6) is 0 Å². The molecule has 0 amide bonds. The predicted octanol–water partition coefficient (Wildman–Crippen LogP) is 2.19. The Hall–Kier alpha value is -0.880. The van der Waals surface area contributed by atoms with Crippen molar-refractivity contribution in [2.45, 2.75) is 40.0 Å². The van der Waals surface area contributed by atoms with Crippen LogP contribution in [0.4, 0.5) is 0 Å². The van der Waals surface area contributed by atoms with Gasteiger partial charge in [-0.2, -0.15) is 8.42 Å². The maximum Gasteiger partial charge on any atom is 0.323 e. The molecule has 106 valence electrons. The molecule has 18 heavy (non-hydrogen) atoms. The zero-order valence-electron chi connectivity index (χ0n) is 11.2. The lowest BCUT2D eigenvalue weighted by Gasteiger charge is -2.10. The van der Waals surface area contributed by atoms with Crippen molar-refractivity contribution < 1.29 is 22.5 Å². The van der Waals surface area contributed by atoms with Crippen LogP contribution in [-0.4, -0.2) is 31.3 Å². The van der Waals surface area contributed by atoms with E-state index in [-0.39, 0.29) is 6.61 Å². The number of esters is 1. The minimum absolute atomic E-state index is 0.185. The molecule has 0 fully saturated rings. The Bertz CT molecular complexity index is 379. The molecule has 1 N–H and O–H groups in total. The van der Waals surface area contributed by atoms with Crippen LogP contribution < -0.4 is 0 Å². The van der Waals surface area contributed by atoms with Crippen LogP contribution in [0, 0.1) is 5.92 Å². The molecule has 1 unspecified atom stereocenters. The molecular weight excluding hydrogens is 256 g/mol. The van der Waals surface area contributed by atoms with E-state index in [0.717, 1.165) is 12.8 Å². The number of ether oxygens (including phenoxy) is 1. The van der Waals surface area contributed by atoms with Crippen LogP contribution in [0.3, 0.4) is 0 Å². The molecule has 0 aromatic heterocycles.